The van der Waals surface area contributed by atoms with Gasteiger partial charge in [-0.05, 0) is 50.9 Å². The summed E-state index contributed by atoms with van der Waals surface area (Å²) >= 11 is 0. The summed E-state index contributed by atoms with van der Waals surface area (Å²) < 4.78 is 0. The van der Waals surface area contributed by atoms with Gasteiger partial charge in [0.1, 0.15) is 5.54 Å². The number of nitrogens with one attached hydrogen (secondary N) is 1. The Bertz CT molecular complexity index is 417. The van der Waals surface area contributed by atoms with Gasteiger partial charge in [0.05, 0.1) is 0 Å². The van der Waals surface area contributed by atoms with E-state index in [1.165, 1.54) is 0 Å². The summed E-state index contributed by atoms with van der Waals surface area (Å²) in [5.74, 6) is -0.839. The van der Waals surface area contributed by atoms with Gasteiger partial charge in [-0.1, -0.05) is 24.6 Å². The van der Waals surface area contributed by atoms with E-state index in [0.717, 1.165) is 22.3 Å². The Hall–Kier alpha value is -1.35. The average molecular weight is 235 g/mol. The molecular weight excluding hydrogens is 214 g/mol. The minimum absolute atomic E-state index is 0.621. The standard InChI is InChI=1S/C14H21NO2/c1-6-15-14(5,13(16)17)12-10(3)7-9(2)8-11(12)4/h7-8,15H,6H2,1-5H3,(H,16,17). The molecule has 0 heterocycles. The molecule has 0 aromatic heterocycles. The van der Waals surface area contributed by atoms with Crippen LogP contribution < -0.4 is 5.32 Å². The molecule has 0 radical (unpaired) electrons. The molecule has 0 aliphatic heterocycles. The third-order valence-electron chi connectivity index (χ3n) is 3.14. The van der Waals surface area contributed by atoms with Crippen molar-refractivity contribution >= 4 is 5.97 Å². The van der Waals surface area contributed by atoms with E-state index in [9.17, 15) is 9.90 Å². The largest absolute Gasteiger partial charge is 0.480 e. The summed E-state index contributed by atoms with van der Waals surface area (Å²) in [6.45, 7) is 10.2. The third-order valence-corrected chi connectivity index (χ3v) is 3.14. The van der Waals surface area contributed by atoms with Crippen molar-refractivity contribution in [2.45, 2.75) is 40.2 Å². The number of hydrogen-bond acceptors (Lipinski definition) is 2. The van der Waals surface area contributed by atoms with Crippen LogP contribution in [0.15, 0.2) is 12.1 Å². The van der Waals surface area contributed by atoms with E-state index >= 15 is 0 Å². The summed E-state index contributed by atoms with van der Waals surface area (Å²) in [6, 6.07) is 4.06. The van der Waals surface area contributed by atoms with Crippen LogP contribution in [0, 0.1) is 20.8 Å². The van der Waals surface area contributed by atoms with Gasteiger partial charge in [0.2, 0.25) is 0 Å². The Labute approximate surface area is 103 Å². The zero-order valence-electron chi connectivity index (χ0n) is 11.2. The number of aliphatic carboxylic acids is 1. The van der Waals surface area contributed by atoms with Crippen molar-refractivity contribution in [3.05, 3.63) is 34.4 Å². The Morgan fingerprint density at radius 2 is 1.76 bits per heavy atom. The Balaban J connectivity index is 3.43. The second kappa shape index (κ2) is 4.88. The van der Waals surface area contributed by atoms with Crippen LogP contribution >= 0.6 is 0 Å². The number of hydrogen-bond donors (Lipinski definition) is 2. The van der Waals surface area contributed by atoms with Crippen LogP contribution in [0.1, 0.15) is 36.1 Å². The van der Waals surface area contributed by atoms with E-state index in [1.54, 1.807) is 6.92 Å². The molecule has 2 N–H and O–H groups in total. The van der Waals surface area contributed by atoms with Gasteiger partial charge in [0.25, 0.3) is 0 Å². The molecule has 0 saturated carbocycles. The maximum Gasteiger partial charge on any atom is 0.328 e. The number of likely N-dealkylation sites (N-methyl/N-ethyl adjacent to an activating group) is 1. The quantitative estimate of drug-likeness (QED) is 0.843. The molecule has 0 fully saturated rings. The third kappa shape index (κ3) is 2.50. The minimum Gasteiger partial charge on any atom is -0.480 e. The predicted molar refractivity (Wildman–Crippen MR) is 69.3 cm³/mol. The average Bonchev–Trinajstić information content (AvgIpc) is 2.15. The zero-order valence-corrected chi connectivity index (χ0v) is 11.2. The minimum atomic E-state index is -1.02. The Morgan fingerprint density at radius 3 is 2.12 bits per heavy atom. The van der Waals surface area contributed by atoms with Crippen LogP contribution in [0.25, 0.3) is 0 Å². The molecule has 0 bridgehead atoms. The van der Waals surface area contributed by atoms with Gasteiger partial charge in [-0.25, -0.2) is 4.79 Å². The topological polar surface area (TPSA) is 49.3 Å². The molecule has 94 valence electrons. The molecule has 1 rings (SSSR count). The second-order valence-electron chi connectivity index (χ2n) is 4.73. The molecule has 1 atom stereocenters. The molecule has 3 heteroatoms. The van der Waals surface area contributed by atoms with Gasteiger partial charge >= 0.3 is 5.97 Å². The molecule has 17 heavy (non-hydrogen) atoms. The van der Waals surface area contributed by atoms with Crippen molar-refractivity contribution in [2.75, 3.05) is 6.54 Å². The molecule has 1 aromatic carbocycles. The van der Waals surface area contributed by atoms with Gasteiger partial charge in [0, 0.05) is 0 Å². The first-order valence-corrected chi connectivity index (χ1v) is 5.89. The van der Waals surface area contributed by atoms with Gasteiger partial charge in [-0.15, -0.1) is 0 Å². The highest BCUT2D eigenvalue weighted by molar-refractivity contribution is 5.81. The summed E-state index contributed by atoms with van der Waals surface area (Å²) in [4.78, 5) is 11.5. The lowest BCUT2D eigenvalue weighted by atomic mass is 9.84. The van der Waals surface area contributed by atoms with Crippen LogP contribution in [0.3, 0.4) is 0 Å². The highest BCUT2D eigenvalue weighted by Crippen LogP contribution is 2.28. The molecule has 0 aliphatic carbocycles. The molecule has 3 nitrogen and oxygen atoms in total. The van der Waals surface area contributed by atoms with Gasteiger partial charge < -0.3 is 5.11 Å². The maximum atomic E-state index is 11.5. The number of rotatable bonds is 4. The number of carboxylic acid groups (broad SMARTS) is 1. The zero-order chi connectivity index (χ0) is 13.2. The first-order chi connectivity index (χ1) is 7.82. The normalized spacial score (nSPS) is 14.4. The molecule has 0 spiro atoms. The van der Waals surface area contributed by atoms with Crippen LogP contribution in [-0.2, 0) is 10.3 Å². The summed E-state index contributed by atoms with van der Waals surface area (Å²) in [5, 5.41) is 12.5. The lowest BCUT2D eigenvalue weighted by Gasteiger charge is -2.30. The number of aryl methyl sites for hydroxylation is 3. The lowest BCUT2D eigenvalue weighted by Crippen LogP contribution is -2.47. The molecule has 0 saturated heterocycles. The molecular formula is C14H21NO2. The highest BCUT2D eigenvalue weighted by Gasteiger charge is 2.36. The van der Waals surface area contributed by atoms with Crippen molar-refractivity contribution in [2.24, 2.45) is 0 Å². The Morgan fingerprint density at radius 1 is 1.29 bits per heavy atom. The number of benzene rings is 1. The summed E-state index contributed by atoms with van der Waals surface area (Å²) in [5.41, 5.74) is 3.06. The van der Waals surface area contributed by atoms with Gasteiger partial charge in [-0.3, -0.25) is 5.32 Å². The molecule has 1 aromatic rings. The van der Waals surface area contributed by atoms with Crippen molar-refractivity contribution in [1.82, 2.24) is 5.32 Å². The van der Waals surface area contributed by atoms with E-state index in [2.05, 4.69) is 5.32 Å². The van der Waals surface area contributed by atoms with E-state index in [0.29, 0.717) is 6.54 Å². The lowest BCUT2D eigenvalue weighted by molar-refractivity contribution is -0.144. The van der Waals surface area contributed by atoms with Crippen LogP contribution in [-0.4, -0.2) is 17.6 Å². The summed E-state index contributed by atoms with van der Waals surface area (Å²) in [7, 11) is 0. The van der Waals surface area contributed by atoms with Crippen LogP contribution in [0.2, 0.25) is 0 Å². The SMILES string of the molecule is CCNC(C)(C(=O)O)c1c(C)cc(C)cc1C. The van der Waals surface area contributed by atoms with Gasteiger partial charge in [0.15, 0.2) is 0 Å². The van der Waals surface area contributed by atoms with E-state index < -0.39 is 11.5 Å². The smallest absolute Gasteiger partial charge is 0.328 e. The fourth-order valence-electron chi connectivity index (χ4n) is 2.59. The van der Waals surface area contributed by atoms with Crippen LogP contribution in [0.5, 0.6) is 0 Å². The first kappa shape index (κ1) is 13.7. The van der Waals surface area contributed by atoms with Crippen molar-refractivity contribution in [3.8, 4) is 0 Å². The monoisotopic (exact) mass is 235 g/mol. The summed E-state index contributed by atoms with van der Waals surface area (Å²) in [6.07, 6.45) is 0. The second-order valence-corrected chi connectivity index (χ2v) is 4.73. The van der Waals surface area contributed by atoms with Crippen molar-refractivity contribution < 1.29 is 9.90 Å². The van der Waals surface area contributed by atoms with Crippen molar-refractivity contribution in [3.63, 3.8) is 0 Å². The Kier molecular flexibility index (Phi) is 3.94. The number of carbonyl (C=O) groups is 1. The number of carboxylic acids is 1. The fraction of sp³-hybridized carbons (Fsp3) is 0.500. The van der Waals surface area contributed by atoms with Crippen LogP contribution in [0.4, 0.5) is 0 Å². The van der Waals surface area contributed by atoms with Gasteiger partial charge in [-0.2, -0.15) is 0 Å². The van der Waals surface area contributed by atoms with Crippen molar-refractivity contribution in [1.29, 1.82) is 0 Å². The fourth-order valence-corrected chi connectivity index (χ4v) is 2.59. The highest BCUT2D eigenvalue weighted by atomic mass is 16.4. The maximum absolute atomic E-state index is 11.5. The van der Waals surface area contributed by atoms with E-state index in [1.807, 2.05) is 39.8 Å². The molecule has 1 unspecified atom stereocenters. The molecule has 0 amide bonds. The van der Waals surface area contributed by atoms with E-state index in [4.69, 9.17) is 0 Å². The predicted octanol–water partition coefficient (Wildman–Crippen LogP) is 2.52. The van der Waals surface area contributed by atoms with E-state index in [-0.39, 0.29) is 0 Å². The molecule has 0 aliphatic rings. The first-order valence-electron chi connectivity index (χ1n) is 5.89.